The van der Waals surface area contributed by atoms with Crippen LogP contribution in [0.5, 0.6) is 0 Å². The summed E-state index contributed by atoms with van der Waals surface area (Å²) >= 11 is 0. The maximum absolute atomic E-state index is 11.4. The Balaban J connectivity index is 1.98. The van der Waals surface area contributed by atoms with Crippen LogP contribution in [0.25, 0.3) is 0 Å². The van der Waals surface area contributed by atoms with Gasteiger partial charge in [0.25, 0.3) is 0 Å². The first-order valence-electron chi connectivity index (χ1n) is 6.00. The van der Waals surface area contributed by atoms with E-state index in [-0.39, 0.29) is 11.9 Å². The van der Waals surface area contributed by atoms with Gasteiger partial charge in [-0.1, -0.05) is 6.92 Å². The first-order chi connectivity index (χ1) is 8.19. The zero-order valence-corrected chi connectivity index (χ0v) is 10.3. The molecule has 1 aliphatic heterocycles. The van der Waals surface area contributed by atoms with Crippen molar-refractivity contribution in [2.24, 2.45) is 0 Å². The van der Waals surface area contributed by atoms with Gasteiger partial charge in [-0.25, -0.2) is 9.97 Å². The van der Waals surface area contributed by atoms with Crippen LogP contribution in [0.2, 0.25) is 0 Å². The van der Waals surface area contributed by atoms with Crippen molar-refractivity contribution < 1.29 is 4.79 Å². The van der Waals surface area contributed by atoms with Crippen LogP contribution in [0.15, 0.2) is 12.4 Å². The molecule has 0 aromatic carbocycles. The smallest absolute Gasteiger partial charge is 0.222 e. The predicted molar refractivity (Wildman–Crippen MR) is 65.7 cm³/mol. The van der Waals surface area contributed by atoms with Gasteiger partial charge in [-0.15, -0.1) is 0 Å². The molecule has 0 spiro atoms. The monoisotopic (exact) mass is 234 g/mol. The molecule has 2 rings (SSSR count). The highest BCUT2D eigenvalue weighted by Gasteiger charge is 2.22. The fraction of sp³-hybridized carbons (Fsp3) is 0.583. The quantitative estimate of drug-likeness (QED) is 0.850. The summed E-state index contributed by atoms with van der Waals surface area (Å²) in [4.78, 5) is 21.5. The third kappa shape index (κ3) is 2.93. The highest BCUT2D eigenvalue weighted by atomic mass is 16.2. The average molecular weight is 234 g/mol. The van der Waals surface area contributed by atoms with Crippen LogP contribution < -0.4 is 5.32 Å². The van der Waals surface area contributed by atoms with Crippen LogP contribution in [0.3, 0.4) is 0 Å². The molecule has 0 aliphatic carbocycles. The zero-order valence-electron chi connectivity index (χ0n) is 10.3. The molecule has 5 nitrogen and oxygen atoms in total. The Labute approximate surface area is 101 Å². The number of hydrogen-bond donors (Lipinski definition) is 1. The maximum atomic E-state index is 11.4. The van der Waals surface area contributed by atoms with E-state index in [1.807, 2.05) is 13.1 Å². The summed E-state index contributed by atoms with van der Waals surface area (Å²) in [6.45, 7) is 2.81. The Morgan fingerprint density at radius 3 is 3.06 bits per heavy atom. The van der Waals surface area contributed by atoms with Crippen molar-refractivity contribution >= 4 is 11.7 Å². The Morgan fingerprint density at radius 1 is 1.53 bits per heavy atom. The average Bonchev–Trinajstić information content (AvgIpc) is 2.34. The molecule has 0 bridgehead atoms. The standard InChI is InChI=1S/C12H18N4O/c1-3-9-6-11(14-8-13-9)15-10-4-5-12(17)16(2)7-10/h6,8,10H,3-5,7H2,1-2H3,(H,13,14,15). The summed E-state index contributed by atoms with van der Waals surface area (Å²) < 4.78 is 0. The molecule has 1 N–H and O–H groups in total. The molecule has 1 fully saturated rings. The Hall–Kier alpha value is -1.65. The van der Waals surface area contributed by atoms with Crippen LogP contribution in [-0.4, -0.2) is 40.4 Å². The van der Waals surface area contributed by atoms with Crippen molar-refractivity contribution in [3.05, 3.63) is 18.1 Å². The molecular weight excluding hydrogens is 216 g/mol. The van der Waals surface area contributed by atoms with Gasteiger partial charge in [0, 0.05) is 37.8 Å². The topological polar surface area (TPSA) is 58.1 Å². The fourth-order valence-electron chi connectivity index (χ4n) is 2.01. The van der Waals surface area contributed by atoms with Gasteiger partial charge >= 0.3 is 0 Å². The first-order valence-corrected chi connectivity index (χ1v) is 6.00. The number of nitrogens with zero attached hydrogens (tertiary/aromatic N) is 3. The molecule has 1 atom stereocenters. The van der Waals surface area contributed by atoms with Crippen LogP contribution in [0.4, 0.5) is 5.82 Å². The number of anilines is 1. The fourth-order valence-corrected chi connectivity index (χ4v) is 2.01. The Kier molecular flexibility index (Phi) is 3.56. The van der Waals surface area contributed by atoms with E-state index in [1.54, 1.807) is 11.2 Å². The van der Waals surface area contributed by atoms with E-state index in [1.165, 1.54) is 0 Å². The maximum Gasteiger partial charge on any atom is 0.222 e. The minimum absolute atomic E-state index is 0.222. The summed E-state index contributed by atoms with van der Waals surface area (Å²) in [5.74, 6) is 1.07. The SMILES string of the molecule is CCc1cc(NC2CCC(=O)N(C)C2)ncn1. The minimum Gasteiger partial charge on any atom is -0.365 e. The number of aryl methyl sites for hydroxylation is 1. The van der Waals surface area contributed by atoms with Gasteiger partial charge in [0.2, 0.25) is 5.91 Å². The molecule has 1 aromatic heterocycles. The van der Waals surface area contributed by atoms with E-state index in [0.29, 0.717) is 6.42 Å². The third-order valence-corrected chi connectivity index (χ3v) is 3.06. The van der Waals surface area contributed by atoms with Crippen LogP contribution >= 0.6 is 0 Å². The van der Waals surface area contributed by atoms with Gasteiger partial charge < -0.3 is 10.2 Å². The van der Waals surface area contributed by atoms with Gasteiger partial charge in [-0.3, -0.25) is 4.79 Å². The summed E-state index contributed by atoms with van der Waals surface area (Å²) in [5, 5.41) is 3.36. The molecule has 0 radical (unpaired) electrons. The van der Waals surface area contributed by atoms with Gasteiger partial charge in [0.1, 0.15) is 12.1 Å². The van der Waals surface area contributed by atoms with Crippen LogP contribution in [0, 0.1) is 0 Å². The van der Waals surface area contributed by atoms with Crippen molar-refractivity contribution in [2.45, 2.75) is 32.2 Å². The molecule has 92 valence electrons. The van der Waals surface area contributed by atoms with Crippen LogP contribution in [0.1, 0.15) is 25.5 Å². The number of hydrogen-bond acceptors (Lipinski definition) is 4. The second-order valence-electron chi connectivity index (χ2n) is 4.40. The Bertz CT molecular complexity index is 407. The molecule has 17 heavy (non-hydrogen) atoms. The van der Waals surface area contributed by atoms with Gasteiger partial charge in [-0.2, -0.15) is 0 Å². The van der Waals surface area contributed by atoms with Crippen molar-refractivity contribution in [3.8, 4) is 0 Å². The minimum atomic E-state index is 0.222. The summed E-state index contributed by atoms with van der Waals surface area (Å²) in [5.41, 5.74) is 1.03. The molecule has 1 aliphatic rings. The normalized spacial score (nSPS) is 20.5. The molecule has 2 heterocycles. The summed E-state index contributed by atoms with van der Waals surface area (Å²) in [7, 11) is 1.84. The number of rotatable bonds is 3. The second-order valence-corrected chi connectivity index (χ2v) is 4.40. The van der Waals surface area contributed by atoms with E-state index >= 15 is 0 Å². The van der Waals surface area contributed by atoms with Crippen molar-refractivity contribution in [1.82, 2.24) is 14.9 Å². The van der Waals surface area contributed by atoms with Gasteiger partial charge in [0.05, 0.1) is 0 Å². The van der Waals surface area contributed by atoms with Crippen molar-refractivity contribution in [1.29, 1.82) is 0 Å². The molecule has 1 aromatic rings. The molecule has 1 unspecified atom stereocenters. The lowest BCUT2D eigenvalue weighted by atomic mass is 10.1. The van der Waals surface area contributed by atoms with E-state index in [0.717, 1.165) is 30.9 Å². The lowest BCUT2D eigenvalue weighted by molar-refractivity contribution is -0.132. The number of nitrogens with one attached hydrogen (secondary N) is 1. The van der Waals surface area contributed by atoms with Crippen molar-refractivity contribution in [2.75, 3.05) is 18.9 Å². The summed E-state index contributed by atoms with van der Waals surface area (Å²) in [6, 6.07) is 2.26. The largest absolute Gasteiger partial charge is 0.365 e. The number of piperidine rings is 1. The lowest BCUT2D eigenvalue weighted by Gasteiger charge is -2.30. The van der Waals surface area contributed by atoms with E-state index in [2.05, 4.69) is 22.2 Å². The van der Waals surface area contributed by atoms with Crippen molar-refractivity contribution in [3.63, 3.8) is 0 Å². The molecule has 1 amide bonds. The third-order valence-electron chi connectivity index (χ3n) is 3.06. The van der Waals surface area contributed by atoms with E-state index in [9.17, 15) is 4.79 Å². The van der Waals surface area contributed by atoms with Gasteiger partial charge in [-0.05, 0) is 12.8 Å². The van der Waals surface area contributed by atoms with E-state index < -0.39 is 0 Å². The number of aromatic nitrogens is 2. The first kappa shape index (κ1) is 11.8. The van der Waals surface area contributed by atoms with Gasteiger partial charge in [0.15, 0.2) is 0 Å². The molecule has 0 saturated carbocycles. The second kappa shape index (κ2) is 5.12. The highest BCUT2D eigenvalue weighted by Crippen LogP contribution is 2.14. The zero-order chi connectivity index (χ0) is 12.3. The lowest BCUT2D eigenvalue weighted by Crippen LogP contribution is -2.43. The molecule has 5 heteroatoms. The molecule has 1 saturated heterocycles. The predicted octanol–water partition coefficient (Wildman–Crippen LogP) is 1.07. The summed E-state index contributed by atoms with van der Waals surface area (Å²) in [6.07, 6.45) is 3.97. The van der Waals surface area contributed by atoms with Crippen LogP contribution in [-0.2, 0) is 11.2 Å². The Morgan fingerprint density at radius 2 is 2.35 bits per heavy atom. The number of carbonyl (C=O) groups excluding carboxylic acids is 1. The van der Waals surface area contributed by atoms with E-state index in [4.69, 9.17) is 0 Å². The number of likely N-dealkylation sites (N-methyl/N-ethyl adjacent to an activating group) is 1. The number of carbonyl (C=O) groups is 1. The molecular formula is C12H18N4O. The number of likely N-dealkylation sites (tertiary alicyclic amines) is 1. The number of amides is 1. The highest BCUT2D eigenvalue weighted by molar-refractivity contribution is 5.77.